The van der Waals surface area contributed by atoms with Crippen molar-refractivity contribution in [1.82, 2.24) is 0 Å². The van der Waals surface area contributed by atoms with Gasteiger partial charge in [-0.15, -0.1) is 0 Å². The number of unbranched alkanes of at least 4 members (excludes halogenated alkanes) is 3. The Morgan fingerprint density at radius 2 is 1.43 bits per heavy atom. The first-order valence-corrected chi connectivity index (χ1v) is 24.3. The van der Waals surface area contributed by atoms with Gasteiger partial charge in [0.25, 0.3) is 0 Å². The number of hydrogen-bond acceptors (Lipinski definition) is 1. The maximum absolute atomic E-state index is 6.93. The fraction of sp³-hybridized carbons (Fsp3) is 0.846. The molecule has 0 fully saturated rings. The SMILES string of the molecule is CCC[CH2][Sn](/[CH]=C/[C@H](C/C=C(\C)CBr)O[Si](C)(C)C(C)(C)C)([CH2]CCC)[CH2]CCC. The Hall–Kier alpha value is 0.936. The zero-order valence-corrected chi connectivity index (χ0v) is 27.3. The molecule has 0 unspecified atom stereocenters. The standard InChI is InChI=1S/C14H26BrOSi.3C4H9.Sn/c1-8-13(10-9-12(2)11-15)16-17(6,7)14(3,4)5;3*1-3-4-2;/h1,8-9,13H,10-11H2,2-7H3;3*1,3-4H2,2H3;/b8-1?,12-9+;;;;/t13-;;;;/m1..../s1. The second-order valence-electron chi connectivity index (χ2n) is 10.9. The third-order valence-electron chi connectivity index (χ3n) is 6.91. The molecule has 0 saturated heterocycles. The molecule has 178 valence electrons. The van der Waals surface area contributed by atoms with Gasteiger partial charge in [-0.05, 0) is 0 Å². The minimum absolute atomic E-state index is 0.237. The number of rotatable bonds is 16. The molecule has 0 radical (unpaired) electrons. The summed E-state index contributed by atoms with van der Waals surface area (Å²) in [6, 6.07) is 0. The summed E-state index contributed by atoms with van der Waals surface area (Å²) < 4.78 is 14.3. The van der Waals surface area contributed by atoms with Crippen LogP contribution in [-0.2, 0) is 4.43 Å². The van der Waals surface area contributed by atoms with E-state index >= 15 is 0 Å². The van der Waals surface area contributed by atoms with Gasteiger partial charge in [-0.25, -0.2) is 0 Å². The van der Waals surface area contributed by atoms with Gasteiger partial charge >= 0.3 is 205 Å². The monoisotopic (exact) mass is 608 g/mol. The van der Waals surface area contributed by atoms with E-state index in [9.17, 15) is 0 Å². The summed E-state index contributed by atoms with van der Waals surface area (Å²) in [6.45, 7) is 21.2. The molecule has 30 heavy (non-hydrogen) atoms. The van der Waals surface area contributed by atoms with E-state index < -0.39 is 26.7 Å². The molecular formula is C26H53BrOSiSn. The van der Waals surface area contributed by atoms with Crippen LogP contribution in [0.2, 0.25) is 31.4 Å². The maximum atomic E-state index is 6.93. The molecule has 0 aliphatic carbocycles. The molecule has 1 nitrogen and oxygen atoms in total. The fourth-order valence-corrected chi connectivity index (χ4v) is 19.5. The summed E-state index contributed by atoms with van der Waals surface area (Å²) in [5.41, 5.74) is 1.41. The molecule has 0 bridgehead atoms. The third-order valence-corrected chi connectivity index (χ3v) is 26.4. The molecule has 1 atom stereocenters. The Labute approximate surface area is 204 Å². The zero-order valence-electron chi connectivity index (χ0n) is 21.9. The first-order valence-electron chi connectivity index (χ1n) is 12.6. The summed E-state index contributed by atoms with van der Waals surface area (Å²) in [5.74, 6) is 0. The molecule has 0 rings (SSSR count). The summed E-state index contributed by atoms with van der Waals surface area (Å²) in [7, 11) is -1.79. The van der Waals surface area contributed by atoms with Crippen molar-refractivity contribution in [2.24, 2.45) is 0 Å². The van der Waals surface area contributed by atoms with Crippen molar-refractivity contribution in [3.05, 3.63) is 21.8 Å². The molecule has 0 saturated carbocycles. The van der Waals surface area contributed by atoms with Gasteiger partial charge in [0, 0.05) is 0 Å². The van der Waals surface area contributed by atoms with Crippen LogP contribution in [0, 0.1) is 0 Å². The normalized spacial score (nSPS) is 15.2. The van der Waals surface area contributed by atoms with E-state index in [1.807, 2.05) is 0 Å². The van der Waals surface area contributed by atoms with Crippen molar-refractivity contribution in [1.29, 1.82) is 0 Å². The minimum atomic E-state index is -2.27. The van der Waals surface area contributed by atoms with Gasteiger partial charge in [-0.3, -0.25) is 0 Å². The van der Waals surface area contributed by atoms with Crippen LogP contribution in [0.15, 0.2) is 21.8 Å². The van der Waals surface area contributed by atoms with Gasteiger partial charge in [0.2, 0.25) is 0 Å². The van der Waals surface area contributed by atoms with Crippen LogP contribution in [0.5, 0.6) is 0 Å². The topological polar surface area (TPSA) is 9.23 Å². The fourth-order valence-electron chi connectivity index (χ4n) is 3.62. The van der Waals surface area contributed by atoms with Crippen LogP contribution < -0.4 is 0 Å². The number of halogens is 1. The molecule has 4 heteroatoms. The molecule has 0 aromatic carbocycles. The molecule has 0 aromatic heterocycles. The van der Waals surface area contributed by atoms with Gasteiger partial charge in [-0.2, -0.15) is 0 Å². The summed E-state index contributed by atoms with van der Waals surface area (Å²) in [6.07, 6.45) is 14.5. The molecule has 0 aliphatic rings. The van der Waals surface area contributed by atoms with Crippen molar-refractivity contribution >= 4 is 42.6 Å². The second kappa shape index (κ2) is 15.7. The first kappa shape index (κ1) is 30.9. The first-order chi connectivity index (χ1) is 14.0. The van der Waals surface area contributed by atoms with Crippen molar-refractivity contribution in [3.8, 4) is 0 Å². The summed E-state index contributed by atoms with van der Waals surface area (Å²) >= 11 is 1.34. The van der Waals surface area contributed by atoms with Gasteiger partial charge < -0.3 is 0 Å². The van der Waals surface area contributed by atoms with Crippen LogP contribution in [0.1, 0.15) is 93.4 Å². The summed E-state index contributed by atoms with van der Waals surface area (Å²) in [4.78, 5) is 0. The van der Waals surface area contributed by atoms with E-state index in [-0.39, 0.29) is 11.1 Å². The van der Waals surface area contributed by atoms with Crippen molar-refractivity contribution in [2.45, 2.75) is 131 Å². The predicted octanol–water partition coefficient (Wildman–Crippen LogP) is 10.1. The van der Waals surface area contributed by atoms with Crippen LogP contribution in [0.4, 0.5) is 0 Å². The summed E-state index contributed by atoms with van der Waals surface area (Å²) in [5, 5.41) is 1.20. The van der Waals surface area contributed by atoms with E-state index in [0.717, 1.165) is 11.8 Å². The van der Waals surface area contributed by atoms with Crippen LogP contribution in [-0.4, -0.2) is 38.1 Å². The predicted molar refractivity (Wildman–Crippen MR) is 148 cm³/mol. The number of allylic oxidation sites excluding steroid dienone is 1. The second-order valence-corrected chi connectivity index (χ2v) is 29.2. The van der Waals surface area contributed by atoms with Gasteiger partial charge in [0.1, 0.15) is 0 Å². The molecule has 0 spiro atoms. The Kier molecular flexibility index (Phi) is 16.2. The Morgan fingerprint density at radius 3 is 1.80 bits per heavy atom. The molecule has 0 heterocycles. The van der Waals surface area contributed by atoms with E-state index in [4.69, 9.17) is 4.43 Å². The van der Waals surface area contributed by atoms with E-state index in [1.54, 1.807) is 0 Å². The Morgan fingerprint density at radius 1 is 0.967 bits per heavy atom. The van der Waals surface area contributed by atoms with E-state index in [0.29, 0.717) is 0 Å². The average Bonchev–Trinajstić information content (AvgIpc) is 2.69. The van der Waals surface area contributed by atoms with Crippen LogP contribution >= 0.6 is 15.9 Å². The van der Waals surface area contributed by atoms with Gasteiger partial charge in [0.05, 0.1) is 0 Å². The molecule has 0 aromatic rings. The Balaban J connectivity index is 5.82. The average molecular weight is 608 g/mol. The zero-order chi connectivity index (χ0) is 23.3. The van der Waals surface area contributed by atoms with E-state index in [1.165, 1.54) is 57.4 Å². The van der Waals surface area contributed by atoms with E-state index in [2.05, 4.69) is 93.7 Å². The van der Waals surface area contributed by atoms with Crippen molar-refractivity contribution in [2.75, 3.05) is 5.33 Å². The van der Waals surface area contributed by atoms with Crippen molar-refractivity contribution < 1.29 is 4.43 Å². The van der Waals surface area contributed by atoms with Gasteiger partial charge in [-0.1, -0.05) is 0 Å². The molecular weight excluding hydrogens is 555 g/mol. The van der Waals surface area contributed by atoms with Crippen molar-refractivity contribution in [3.63, 3.8) is 0 Å². The third kappa shape index (κ3) is 12.2. The molecule has 0 N–H and O–H groups in total. The molecule has 0 aliphatic heterocycles. The van der Waals surface area contributed by atoms with Gasteiger partial charge in [0.15, 0.2) is 0 Å². The van der Waals surface area contributed by atoms with Crippen LogP contribution in [0.25, 0.3) is 0 Å². The van der Waals surface area contributed by atoms with Crippen LogP contribution in [0.3, 0.4) is 0 Å². The number of hydrogen-bond donors (Lipinski definition) is 0. The molecule has 0 amide bonds. The Bertz CT molecular complexity index is 486. The quantitative estimate of drug-likeness (QED) is 0.0963. The number of alkyl halides is 1.